The van der Waals surface area contributed by atoms with Crippen LogP contribution in [0.15, 0.2) is 73.2 Å². The first-order chi connectivity index (χ1) is 16.1. The molecule has 1 unspecified atom stereocenters. The number of H-pyrrole nitrogens is 1. The average molecular weight is 437 g/mol. The minimum Gasteiger partial charge on any atom is -0.361 e. The number of benzene rings is 2. The van der Waals surface area contributed by atoms with Gasteiger partial charge in [-0.15, -0.1) is 0 Å². The molecule has 1 atom stereocenters. The summed E-state index contributed by atoms with van der Waals surface area (Å²) in [7, 11) is 0. The second-order valence-electron chi connectivity index (χ2n) is 8.49. The van der Waals surface area contributed by atoms with Gasteiger partial charge < -0.3 is 9.88 Å². The number of pyridine rings is 1. The number of nitriles is 1. The molecule has 5 nitrogen and oxygen atoms in total. The summed E-state index contributed by atoms with van der Waals surface area (Å²) in [6, 6.07) is 20.6. The Kier molecular flexibility index (Phi) is 6.85. The molecule has 0 spiro atoms. The molecule has 2 aromatic heterocycles. The molecular formula is C28H28N4O. The van der Waals surface area contributed by atoms with Gasteiger partial charge in [-0.2, -0.15) is 5.26 Å². The summed E-state index contributed by atoms with van der Waals surface area (Å²) in [6.45, 7) is 5.04. The van der Waals surface area contributed by atoms with Gasteiger partial charge in [-0.25, -0.2) is 0 Å². The molecule has 1 amide bonds. The molecule has 166 valence electrons. The molecule has 0 fully saturated rings. The molecule has 5 heteroatoms. The molecule has 0 radical (unpaired) electrons. The van der Waals surface area contributed by atoms with Crippen LogP contribution in [0.2, 0.25) is 0 Å². The number of carbonyl (C=O) groups excluding carboxylic acids is 1. The van der Waals surface area contributed by atoms with Crippen LogP contribution in [0.5, 0.6) is 0 Å². The maximum Gasteiger partial charge on any atom is 0.223 e. The largest absolute Gasteiger partial charge is 0.361 e. The van der Waals surface area contributed by atoms with E-state index < -0.39 is 0 Å². The lowest BCUT2D eigenvalue weighted by atomic mass is 9.85. The van der Waals surface area contributed by atoms with Gasteiger partial charge in [-0.05, 0) is 48.2 Å². The smallest absolute Gasteiger partial charge is 0.223 e. The highest BCUT2D eigenvalue weighted by atomic mass is 16.2. The Morgan fingerprint density at radius 3 is 2.73 bits per heavy atom. The van der Waals surface area contributed by atoms with E-state index in [1.807, 2.05) is 30.5 Å². The highest BCUT2D eigenvalue weighted by molar-refractivity contribution is 5.86. The van der Waals surface area contributed by atoms with Gasteiger partial charge in [0.25, 0.3) is 0 Å². The molecule has 0 aliphatic rings. The highest BCUT2D eigenvalue weighted by Gasteiger charge is 2.25. The first kappa shape index (κ1) is 22.3. The van der Waals surface area contributed by atoms with Gasteiger partial charge in [-0.3, -0.25) is 9.78 Å². The van der Waals surface area contributed by atoms with Gasteiger partial charge in [-0.1, -0.05) is 48.0 Å². The molecule has 0 aliphatic heterocycles. The zero-order valence-corrected chi connectivity index (χ0v) is 19.1. The highest BCUT2D eigenvalue weighted by Crippen LogP contribution is 2.36. The summed E-state index contributed by atoms with van der Waals surface area (Å²) in [6.07, 6.45) is 6.15. The van der Waals surface area contributed by atoms with Crippen molar-refractivity contribution in [1.82, 2.24) is 14.9 Å². The number of nitrogens with one attached hydrogen (secondary N) is 1. The number of hydrogen-bond acceptors (Lipinski definition) is 3. The van der Waals surface area contributed by atoms with Crippen LogP contribution in [-0.4, -0.2) is 27.3 Å². The summed E-state index contributed by atoms with van der Waals surface area (Å²) in [5.74, 6) is -0.0582. The fourth-order valence-corrected chi connectivity index (χ4v) is 4.48. The number of aromatic nitrogens is 2. The third-order valence-electron chi connectivity index (χ3n) is 6.12. The Hall–Kier alpha value is -3.91. The molecule has 1 N–H and O–H groups in total. The predicted octanol–water partition coefficient (Wildman–Crippen LogP) is 5.64. The van der Waals surface area contributed by atoms with Crippen molar-refractivity contribution in [3.63, 3.8) is 0 Å². The van der Waals surface area contributed by atoms with Crippen LogP contribution in [0.4, 0.5) is 0 Å². The first-order valence-electron chi connectivity index (χ1n) is 11.2. The van der Waals surface area contributed by atoms with Gasteiger partial charge >= 0.3 is 0 Å². The summed E-state index contributed by atoms with van der Waals surface area (Å²) >= 11 is 0. The van der Waals surface area contributed by atoms with E-state index in [0.29, 0.717) is 25.9 Å². The van der Waals surface area contributed by atoms with E-state index in [2.05, 4.69) is 60.2 Å². The molecule has 4 aromatic rings. The Labute approximate surface area is 194 Å². The van der Waals surface area contributed by atoms with Gasteiger partial charge in [0.1, 0.15) is 0 Å². The van der Waals surface area contributed by atoms with Crippen LogP contribution < -0.4 is 0 Å². The lowest BCUT2D eigenvalue weighted by Gasteiger charge is -2.26. The molecule has 2 heterocycles. The van der Waals surface area contributed by atoms with Gasteiger partial charge in [0.05, 0.1) is 12.5 Å². The third-order valence-corrected chi connectivity index (χ3v) is 6.12. The second kappa shape index (κ2) is 10.1. The number of para-hydroxylation sites is 1. The zero-order valence-electron chi connectivity index (χ0n) is 19.1. The summed E-state index contributed by atoms with van der Waals surface area (Å²) < 4.78 is 0. The first-order valence-corrected chi connectivity index (χ1v) is 11.2. The van der Waals surface area contributed by atoms with E-state index >= 15 is 0 Å². The van der Waals surface area contributed by atoms with Crippen LogP contribution in [0.3, 0.4) is 0 Å². The SMILES string of the molecule is Cc1ccc(C(CC(=O)N(CCC#N)Cc2cccnc2)c2c[nH]c3ccccc23)c(C)c1. The van der Waals surface area contributed by atoms with E-state index in [0.717, 1.165) is 27.6 Å². The van der Waals surface area contributed by atoms with E-state index in [1.54, 1.807) is 17.3 Å². The second-order valence-corrected chi connectivity index (χ2v) is 8.49. The quantitative estimate of drug-likeness (QED) is 0.388. The van der Waals surface area contributed by atoms with Crippen molar-refractivity contribution in [2.24, 2.45) is 0 Å². The topological polar surface area (TPSA) is 72.8 Å². The Morgan fingerprint density at radius 1 is 1.12 bits per heavy atom. The normalized spacial score (nSPS) is 11.8. The number of hydrogen-bond donors (Lipinski definition) is 1. The Bertz CT molecular complexity index is 1290. The van der Waals surface area contributed by atoms with Crippen LogP contribution >= 0.6 is 0 Å². The number of rotatable bonds is 8. The van der Waals surface area contributed by atoms with E-state index in [1.165, 1.54) is 11.1 Å². The molecule has 4 rings (SSSR count). The van der Waals surface area contributed by atoms with Crippen LogP contribution in [-0.2, 0) is 11.3 Å². The van der Waals surface area contributed by atoms with Crippen molar-refractivity contribution >= 4 is 16.8 Å². The van der Waals surface area contributed by atoms with Crippen molar-refractivity contribution < 1.29 is 4.79 Å². The summed E-state index contributed by atoms with van der Waals surface area (Å²) in [4.78, 5) is 23.0. The van der Waals surface area contributed by atoms with Crippen molar-refractivity contribution in [3.05, 3.63) is 101 Å². The summed E-state index contributed by atoms with van der Waals surface area (Å²) in [5.41, 5.74) is 6.67. The standard InChI is InChI=1S/C28H28N4O/c1-20-10-11-23(21(2)15-20)25(26-18-31-27-9-4-3-8-24(26)27)16-28(33)32(14-6-12-29)19-22-7-5-13-30-17-22/h3-5,7-11,13,15,17-18,25,31H,6,14,16,19H2,1-2H3. The fourth-order valence-electron chi connectivity index (χ4n) is 4.48. The zero-order chi connectivity index (χ0) is 23.2. The van der Waals surface area contributed by atoms with Crippen LogP contribution in [0.1, 0.15) is 46.6 Å². The minimum absolute atomic E-state index is 0.0318. The van der Waals surface area contributed by atoms with E-state index in [9.17, 15) is 4.79 Å². The lowest BCUT2D eigenvalue weighted by molar-refractivity contribution is -0.132. The third kappa shape index (κ3) is 5.12. The van der Waals surface area contributed by atoms with Crippen LogP contribution in [0.25, 0.3) is 10.9 Å². The van der Waals surface area contributed by atoms with E-state index in [-0.39, 0.29) is 11.8 Å². The monoisotopic (exact) mass is 436 g/mol. The Morgan fingerprint density at radius 2 is 1.97 bits per heavy atom. The molecule has 0 saturated heterocycles. The average Bonchev–Trinajstić information content (AvgIpc) is 3.25. The van der Waals surface area contributed by atoms with E-state index in [4.69, 9.17) is 5.26 Å². The molecule has 2 aromatic carbocycles. The Balaban J connectivity index is 1.70. The van der Waals surface area contributed by atoms with Gasteiger partial charge in [0.15, 0.2) is 0 Å². The minimum atomic E-state index is -0.0901. The summed E-state index contributed by atoms with van der Waals surface area (Å²) in [5, 5.41) is 10.3. The van der Waals surface area contributed by atoms with Crippen molar-refractivity contribution in [1.29, 1.82) is 5.26 Å². The van der Waals surface area contributed by atoms with Gasteiger partial charge in [0.2, 0.25) is 5.91 Å². The number of aromatic amines is 1. The lowest BCUT2D eigenvalue weighted by Crippen LogP contribution is -2.32. The number of carbonyl (C=O) groups is 1. The van der Waals surface area contributed by atoms with Crippen molar-refractivity contribution in [2.75, 3.05) is 6.54 Å². The molecule has 33 heavy (non-hydrogen) atoms. The maximum absolute atomic E-state index is 13.6. The number of nitrogens with zero attached hydrogens (tertiary/aromatic N) is 3. The number of fused-ring (bicyclic) bond motifs is 1. The van der Waals surface area contributed by atoms with Crippen LogP contribution in [0, 0.1) is 25.2 Å². The van der Waals surface area contributed by atoms with Gasteiger partial charge in [0, 0.05) is 54.9 Å². The molecule has 0 bridgehead atoms. The molecular weight excluding hydrogens is 408 g/mol. The number of amides is 1. The fraction of sp³-hybridized carbons (Fsp3) is 0.250. The maximum atomic E-state index is 13.6. The molecule has 0 saturated carbocycles. The van der Waals surface area contributed by atoms with Crippen molar-refractivity contribution in [3.8, 4) is 6.07 Å². The predicted molar refractivity (Wildman–Crippen MR) is 131 cm³/mol. The molecule has 0 aliphatic carbocycles. The number of aryl methyl sites for hydroxylation is 2. The van der Waals surface area contributed by atoms with Crippen molar-refractivity contribution in [2.45, 2.75) is 39.2 Å².